The number of nitrogens with one attached hydrogen (secondary N) is 1. The van der Waals surface area contributed by atoms with Crippen molar-refractivity contribution in [3.05, 3.63) is 23.8 Å². The van der Waals surface area contributed by atoms with Crippen LogP contribution < -0.4 is 11.1 Å². The minimum absolute atomic E-state index is 0.0106. The quantitative estimate of drug-likeness (QED) is 0.640. The van der Waals surface area contributed by atoms with Crippen LogP contribution in [-0.2, 0) is 0 Å². The number of benzene rings is 1. The summed E-state index contributed by atoms with van der Waals surface area (Å²) in [6.45, 7) is 8.24. The number of nitrogens with zero attached hydrogens (tertiary/aromatic N) is 1. The normalized spacial score (nSPS) is 17.1. The molecule has 1 saturated heterocycles. The van der Waals surface area contributed by atoms with Crippen LogP contribution in [0.25, 0.3) is 0 Å². The molecule has 0 amide bonds. The fourth-order valence-electron chi connectivity index (χ4n) is 2.64. The number of Topliss-reactive ketones (excluding diaryl/α,β-unsaturated/α-hetero) is 1. The van der Waals surface area contributed by atoms with Crippen LogP contribution in [0.4, 0.5) is 11.4 Å². The summed E-state index contributed by atoms with van der Waals surface area (Å²) in [5.74, 6) is 0.884. The summed E-state index contributed by atoms with van der Waals surface area (Å²) in [7, 11) is 0. The first-order chi connectivity index (χ1) is 9.56. The van der Waals surface area contributed by atoms with Crippen LogP contribution in [0.1, 0.15) is 37.0 Å². The van der Waals surface area contributed by atoms with Gasteiger partial charge in [0.2, 0.25) is 0 Å². The Kier molecular flexibility index (Phi) is 5.01. The van der Waals surface area contributed by atoms with Crippen molar-refractivity contribution in [2.75, 3.05) is 37.2 Å². The summed E-state index contributed by atoms with van der Waals surface area (Å²) >= 11 is 0. The molecule has 0 atom stereocenters. The Morgan fingerprint density at radius 3 is 2.70 bits per heavy atom. The third-order valence-corrected chi connectivity index (χ3v) is 4.06. The van der Waals surface area contributed by atoms with E-state index in [0.717, 1.165) is 24.7 Å². The first-order valence-corrected chi connectivity index (χ1v) is 7.43. The van der Waals surface area contributed by atoms with Crippen molar-refractivity contribution in [1.82, 2.24) is 4.90 Å². The van der Waals surface area contributed by atoms with E-state index in [1.54, 1.807) is 6.07 Å². The molecule has 1 fully saturated rings. The van der Waals surface area contributed by atoms with Gasteiger partial charge in [0.1, 0.15) is 0 Å². The van der Waals surface area contributed by atoms with E-state index in [1.807, 2.05) is 12.1 Å². The maximum Gasteiger partial charge on any atom is 0.161 e. The van der Waals surface area contributed by atoms with Gasteiger partial charge in [0.15, 0.2) is 5.78 Å². The lowest BCUT2D eigenvalue weighted by Crippen LogP contribution is -2.36. The topological polar surface area (TPSA) is 58.4 Å². The number of carbonyl (C=O) groups is 1. The number of anilines is 2. The lowest BCUT2D eigenvalue weighted by molar-refractivity contribution is 0.101. The van der Waals surface area contributed by atoms with Gasteiger partial charge in [-0.25, -0.2) is 0 Å². The molecule has 0 saturated carbocycles. The lowest BCUT2D eigenvalue weighted by Gasteiger charge is -2.30. The highest BCUT2D eigenvalue weighted by molar-refractivity contribution is 5.99. The molecule has 0 spiro atoms. The number of piperidine rings is 1. The molecule has 1 heterocycles. The van der Waals surface area contributed by atoms with Crippen LogP contribution in [-0.4, -0.2) is 36.9 Å². The number of carbonyl (C=O) groups excluding carboxylic acids is 1. The van der Waals surface area contributed by atoms with Gasteiger partial charge in [-0.2, -0.15) is 0 Å². The highest BCUT2D eigenvalue weighted by atomic mass is 16.1. The number of rotatable bonds is 5. The van der Waals surface area contributed by atoms with Gasteiger partial charge in [-0.3, -0.25) is 4.79 Å². The molecule has 3 N–H and O–H groups in total. The average Bonchev–Trinajstić information content (AvgIpc) is 2.41. The van der Waals surface area contributed by atoms with Gasteiger partial charge in [0.05, 0.1) is 0 Å². The van der Waals surface area contributed by atoms with Gasteiger partial charge in [0.25, 0.3) is 0 Å². The zero-order valence-corrected chi connectivity index (χ0v) is 12.5. The van der Waals surface area contributed by atoms with Crippen LogP contribution in [0, 0.1) is 5.92 Å². The Morgan fingerprint density at radius 2 is 2.10 bits per heavy atom. The smallest absolute Gasteiger partial charge is 0.161 e. The zero-order chi connectivity index (χ0) is 14.5. The van der Waals surface area contributed by atoms with Gasteiger partial charge in [0, 0.05) is 30.0 Å². The molecule has 0 unspecified atom stereocenters. The number of nitrogen functional groups attached to an aromatic ring is 1. The van der Waals surface area contributed by atoms with E-state index < -0.39 is 0 Å². The molecular formula is C16H25N3O. The molecule has 2 rings (SSSR count). The Labute approximate surface area is 121 Å². The van der Waals surface area contributed by atoms with E-state index in [1.165, 1.54) is 32.9 Å². The number of likely N-dealkylation sites (tertiary alicyclic amines) is 1. The molecule has 0 bridgehead atoms. The standard InChI is InChI=1S/C16H25N3O/c1-12-5-8-19(9-6-12)10-7-18-14-3-4-15(13(2)20)16(17)11-14/h3-4,11-12,18H,5-10,17H2,1-2H3. The SMILES string of the molecule is CC(=O)c1ccc(NCCN2CCC(C)CC2)cc1N. The minimum atomic E-state index is 0.0106. The second-order valence-corrected chi connectivity index (χ2v) is 5.81. The van der Waals surface area contributed by atoms with Gasteiger partial charge in [-0.1, -0.05) is 6.92 Å². The largest absolute Gasteiger partial charge is 0.398 e. The van der Waals surface area contributed by atoms with Crippen molar-refractivity contribution >= 4 is 17.2 Å². The molecule has 1 aromatic rings. The number of hydrogen-bond donors (Lipinski definition) is 2. The van der Waals surface area contributed by atoms with Crippen LogP contribution in [0.15, 0.2) is 18.2 Å². The first-order valence-electron chi connectivity index (χ1n) is 7.43. The summed E-state index contributed by atoms with van der Waals surface area (Å²) < 4.78 is 0. The summed E-state index contributed by atoms with van der Waals surface area (Å²) in [4.78, 5) is 13.8. The Hall–Kier alpha value is -1.55. The van der Waals surface area contributed by atoms with Crippen LogP contribution in [0.5, 0.6) is 0 Å². The number of nitrogens with two attached hydrogens (primary N) is 1. The maximum atomic E-state index is 11.3. The molecule has 4 heteroatoms. The molecule has 1 aliphatic rings. The predicted octanol–water partition coefficient (Wildman–Crippen LogP) is 2.62. The Balaban J connectivity index is 1.79. The fourth-order valence-corrected chi connectivity index (χ4v) is 2.64. The van der Waals surface area contributed by atoms with E-state index in [9.17, 15) is 4.79 Å². The zero-order valence-electron chi connectivity index (χ0n) is 12.5. The average molecular weight is 275 g/mol. The van der Waals surface area contributed by atoms with Crippen LogP contribution in [0.2, 0.25) is 0 Å². The lowest BCUT2D eigenvalue weighted by atomic mass is 9.99. The van der Waals surface area contributed by atoms with E-state index in [4.69, 9.17) is 5.73 Å². The van der Waals surface area contributed by atoms with Gasteiger partial charge in [-0.15, -0.1) is 0 Å². The minimum Gasteiger partial charge on any atom is -0.398 e. The Morgan fingerprint density at radius 1 is 1.40 bits per heavy atom. The van der Waals surface area contributed by atoms with Crippen molar-refractivity contribution in [2.24, 2.45) is 5.92 Å². The molecule has 1 aliphatic heterocycles. The van der Waals surface area contributed by atoms with Crippen molar-refractivity contribution in [1.29, 1.82) is 0 Å². The molecular weight excluding hydrogens is 250 g/mol. The van der Waals surface area contributed by atoms with E-state index in [2.05, 4.69) is 17.1 Å². The first kappa shape index (κ1) is 14.9. The summed E-state index contributed by atoms with van der Waals surface area (Å²) in [5.41, 5.74) is 8.01. The molecule has 110 valence electrons. The fraction of sp³-hybridized carbons (Fsp3) is 0.562. The van der Waals surface area contributed by atoms with Gasteiger partial charge >= 0.3 is 0 Å². The van der Waals surface area contributed by atoms with Crippen molar-refractivity contribution < 1.29 is 4.79 Å². The molecule has 4 nitrogen and oxygen atoms in total. The summed E-state index contributed by atoms with van der Waals surface area (Å²) in [6, 6.07) is 5.56. The van der Waals surface area contributed by atoms with E-state index in [0.29, 0.717) is 11.3 Å². The molecule has 0 radical (unpaired) electrons. The number of hydrogen-bond acceptors (Lipinski definition) is 4. The third-order valence-electron chi connectivity index (χ3n) is 4.06. The second-order valence-electron chi connectivity index (χ2n) is 5.81. The molecule has 0 aliphatic carbocycles. The van der Waals surface area contributed by atoms with Gasteiger partial charge < -0.3 is 16.0 Å². The van der Waals surface area contributed by atoms with Crippen molar-refractivity contribution in [3.63, 3.8) is 0 Å². The van der Waals surface area contributed by atoms with Crippen molar-refractivity contribution in [3.8, 4) is 0 Å². The van der Waals surface area contributed by atoms with Crippen LogP contribution in [0.3, 0.4) is 0 Å². The summed E-state index contributed by atoms with van der Waals surface area (Å²) in [6.07, 6.45) is 2.61. The summed E-state index contributed by atoms with van der Waals surface area (Å²) in [5, 5.41) is 3.38. The van der Waals surface area contributed by atoms with Gasteiger partial charge in [-0.05, 0) is 57.0 Å². The van der Waals surface area contributed by atoms with E-state index in [-0.39, 0.29) is 5.78 Å². The Bertz CT molecular complexity index is 465. The highest BCUT2D eigenvalue weighted by Crippen LogP contribution is 2.19. The number of ketones is 1. The highest BCUT2D eigenvalue weighted by Gasteiger charge is 2.14. The molecule has 1 aromatic carbocycles. The molecule has 20 heavy (non-hydrogen) atoms. The predicted molar refractivity (Wildman–Crippen MR) is 84.2 cm³/mol. The second kappa shape index (κ2) is 6.75. The third kappa shape index (κ3) is 3.97. The maximum absolute atomic E-state index is 11.3. The van der Waals surface area contributed by atoms with Crippen LogP contribution >= 0.6 is 0 Å². The molecule has 0 aromatic heterocycles. The van der Waals surface area contributed by atoms with Crippen molar-refractivity contribution in [2.45, 2.75) is 26.7 Å². The van der Waals surface area contributed by atoms with E-state index >= 15 is 0 Å². The monoisotopic (exact) mass is 275 g/mol.